The zero-order valence-electron chi connectivity index (χ0n) is 5.76. The van der Waals surface area contributed by atoms with Crippen molar-refractivity contribution in [1.29, 1.82) is 0 Å². The first-order valence-electron chi connectivity index (χ1n) is 3.28. The predicted molar refractivity (Wildman–Crippen MR) is 48.0 cm³/mol. The number of hydrogen-bond donors (Lipinski definition) is 0. The molecule has 1 aliphatic rings. The van der Waals surface area contributed by atoms with Crippen molar-refractivity contribution in [2.45, 2.75) is 0 Å². The first-order chi connectivity index (χ1) is 5.93. The quantitative estimate of drug-likeness (QED) is 0.559. The van der Waals surface area contributed by atoms with Crippen LogP contribution < -0.4 is 0 Å². The van der Waals surface area contributed by atoms with Gasteiger partial charge in [-0.05, 0) is 0 Å². The van der Waals surface area contributed by atoms with Gasteiger partial charge in [0.05, 0.1) is 0 Å². The van der Waals surface area contributed by atoms with Crippen LogP contribution in [0.25, 0.3) is 11.0 Å². The monoisotopic (exact) mass is 242 g/mol. The molecule has 0 radical (unpaired) electrons. The van der Waals surface area contributed by atoms with Gasteiger partial charge in [-0.25, -0.2) is 0 Å². The van der Waals surface area contributed by atoms with E-state index in [-0.39, 0.29) is 15.0 Å². The van der Waals surface area contributed by atoms with Crippen molar-refractivity contribution in [1.82, 2.24) is 7.96 Å². The first kappa shape index (κ1) is 6.65. The third-order valence-electron chi connectivity index (χ3n) is 1.63. The fourth-order valence-electron chi connectivity index (χ4n) is 1.06. The zero-order chi connectivity index (χ0) is 7.97. The summed E-state index contributed by atoms with van der Waals surface area (Å²) in [6.45, 7) is 0. The Balaban J connectivity index is 2.48. The van der Waals surface area contributed by atoms with Crippen LogP contribution in [0.15, 0.2) is 20.9 Å². The summed E-state index contributed by atoms with van der Waals surface area (Å²) in [7, 11) is 0. The number of hydrogen-bond acceptors (Lipinski definition) is 4. The van der Waals surface area contributed by atoms with Gasteiger partial charge in [-0.15, -0.1) is 0 Å². The van der Waals surface area contributed by atoms with E-state index in [1.807, 2.05) is 12.1 Å². The van der Waals surface area contributed by atoms with E-state index in [0.29, 0.717) is 0 Å². The molecule has 2 heterocycles. The van der Waals surface area contributed by atoms with Crippen LogP contribution in [0, 0.1) is 0 Å². The van der Waals surface area contributed by atoms with Crippen LogP contribution in [0.2, 0.25) is 0 Å². The van der Waals surface area contributed by atoms with E-state index in [1.54, 1.807) is 0 Å². The molecule has 1 aromatic carbocycles. The summed E-state index contributed by atoms with van der Waals surface area (Å²) in [5, 5.41) is 0. The standard InChI is InChI=1S/C6H2N4SSe/c1-3-4(8-11-7-3)2-6-5(1)9-12-10-6/h1-2H. The summed E-state index contributed by atoms with van der Waals surface area (Å²) in [6.07, 6.45) is 0. The Labute approximate surface area is 77.7 Å². The molecule has 0 saturated carbocycles. The molecule has 6 heteroatoms. The number of nitrogens with zero attached hydrogens (tertiary/aromatic N) is 4. The molecule has 0 fully saturated rings. The molecule has 2 aromatic rings. The summed E-state index contributed by atoms with van der Waals surface area (Å²) in [4.78, 5) is 0. The predicted octanol–water partition coefficient (Wildman–Crippen LogP) is 1.41. The van der Waals surface area contributed by atoms with E-state index in [4.69, 9.17) is 0 Å². The second-order valence-corrected chi connectivity index (χ2v) is 4.00. The molecule has 12 heavy (non-hydrogen) atoms. The molecule has 0 spiro atoms. The van der Waals surface area contributed by atoms with E-state index in [0.717, 1.165) is 22.4 Å². The van der Waals surface area contributed by atoms with Gasteiger partial charge in [-0.3, -0.25) is 0 Å². The van der Waals surface area contributed by atoms with Crippen LogP contribution in [-0.4, -0.2) is 22.9 Å². The van der Waals surface area contributed by atoms with Crippen molar-refractivity contribution in [2.24, 2.45) is 8.73 Å². The fraction of sp³-hybridized carbons (Fsp3) is 0. The number of benzene rings is 1. The molecule has 0 N–H and O–H groups in total. The Hall–Kier alpha value is -0.841. The Kier molecular flexibility index (Phi) is 1.29. The molecule has 0 aliphatic carbocycles. The van der Waals surface area contributed by atoms with Crippen LogP contribution in [0.1, 0.15) is 0 Å². The van der Waals surface area contributed by atoms with Gasteiger partial charge in [0.15, 0.2) is 0 Å². The summed E-state index contributed by atoms with van der Waals surface area (Å²) >= 11 is 1.27. The van der Waals surface area contributed by atoms with E-state index >= 15 is 0 Å². The van der Waals surface area contributed by atoms with Gasteiger partial charge in [0.25, 0.3) is 0 Å². The molecule has 58 valence electrons. The molecular weight excluding hydrogens is 239 g/mol. The van der Waals surface area contributed by atoms with Gasteiger partial charge >= 0.3 is 77.5 Å². The molecular formula is C6H2N4SSe. The minimum absolute atomic E-state index is 0.0462. The maximum absolute atomic E-state index is 4.26. The van der Waals surface area contributed by atoms with E-state index in [2.05, 4.69) is 16.7 Å². The van der Waals surface area contributed by atoms with Crippen molar-refractivity contribution in [2.75, 3.05) is 0 Å². The summed E-state index contributed by atoms with van der Waals surface area (Å²) in [6, 6.07) is 3.90. The van der Waals surface area contributed by atoms with Crippen molar-refractivity contribution in [3.8, 4) is 0 Å². The van der Waals surface area contributed by atoms with E-state index in [9.17, 15) is 0 Å². The minimum atomic E-state index is 0.0462. The van der Waals surface area contributed by atoms with Crippen LogP contribution in [0.3, 0.4) is 0 Å². The SMILES string of the molecule is c1c2c(cc3n[se]nc13)N=S=N2. The molecule has 1 aliphatic heterocycles. The van der Waals surface area contributed by atoms with Crippen LogP contribution in [-0.2, 0) is 11.4 Å². The maximum atomic E-state index is 4.26. The second kappa shape index (κ2) is 2.32. The molecule has 0 bridgehead atoms. The van der Waals surface area contributed by atoms with Gasteiger partial charge in [0.1, 0.15) is 0 Å². The van der Waals surface area contributed by atoms with Crippen LogP contribution >= 0.6 is 0 Å². The van der Waals surface area contributed by atoms with Gasteiger partial charge < -0.3 is 0 Å². The van der Waals surface area contributed by atoms with Crippen molar-refractivity contribution >= 4 is 48.7 Å². The Morgan fingerprint density at radius 3 is 2.17 bits per heavy atom. The average Bonchev–Trinajstić information content (AvgIpc) is 2.64. The van der Waals surface area contributed by atoms with E-state index in [1.165, 1.54) is 11.4 Å². The van der Waals surface area contributed by atoms with Gasteiger partial charge in [0.2, 0.25) is 0 Å². The fourth-order valence-corrected chi connectivity index (χ4v) is 2.64. The van der Waals surface area contributed by atoms with Crippen molar-refractivity contribution in [3.05, 3.63) is 12.1 Å². The van der Waals surface area contributed by atoms with Crippen molar-refractivity contribution in [3.63, 3.8) is 0 Å². The summed E-state index contributed by atoms with van der Waals surface area (Å²) in [5.74, 6) is 0. The Bertz CT molecular complexity index is 483. The Morgan fingerprint density at radius 1 is 1.00 bits per heavy atom. The summed E-state index contributed by atoms with van der Waals surface area (Å²) in [5.41, 5.74) is 3.79. The molecule has 0 amide bonds. The third-order valence-corrected chi connectivity index (χ3v) is 3.35. The molecule has 1 aromatic heterocycles. The zero-order valence-corrected chi connectivity index (χ0v) is 8.29. The Morgan fingerprint density at radius 2 is 1.58 bits per heavy atom. The number of aromatic nitrogens is 2. The number of rotatable bonds is 0. The van der Waals surface area contributed by atoms with Crippen LogP contribution in [0.5, 0.6) is 0 Å². The van der Waals surface area contributed by atoms with Gasteiger partial charge in [-0.2, -0.15) is 0 Å². The third kappa shape index (κ3) is 0.827. The van der Waals surface area contributed by atoms with Crippen LogP contribution in [0.4, 0.5) is 11.4 Å². The first-order valence-corrected chi connectivity index (χ1v) is 5.54. The molecule has 3 rings (SSSR count). The van der Waals surface area contributed by atoms with E-state index < -0.39 is 0 Å². The molecule has 0 unspecified atom stereocenters. The normalized spacial score (nSPS) is 13.3. The van der Waals surface area contributed by atoms with Gasteiger partial charge in [-0.1, -0.05) is 0 Å². The molecule has 0 atom stereocenters. The topological polar surface area (TPSA) is 50.5 Å². The summed E-state index contributed by atoms with van der Waals surface area (Å²) < 4.78 is 16.8. The van der Waals surface area contributed by atoms with Crippen molar-refractivity contribution < 1.29 is 0 Å². The molecule has 0 saturated heterocycles. The average molecular weight is 241 g/mol. The number of fused-ring (bicyclic) bond motifs is 2. The molecule has 4 nitrogen and oxygen atoms in total. The van der Waals surface area contributed by atoms with Gasteiger partial charge in [0, 0.05) is 0 Å². The second-order valence-electron chi connectivity index (χ2n) is 2.36.